The number of hydrogen-bond acceptors (Lipinski definition) is 3. The van der Waals surface area contributed by atoms with Gasteiger partial charge in [0.05, 0.1) is 6.26 Å². The van der Waals surface area contributed by atoms with Crippen LogP contribution in [0.2, 0.25) is 0 Å². The van der Waals surface area contributed by atoms with Crippen LogP contribution >= 0.6 is 0 Å². The van der Waals surface area contributed by atoms with Crippen molar-refractivity contribution in [3.63, 3.8) is 0 Å². The lowest BCUT2D eigenvalue weighted by Gasteiger charge is -2.34. The Morgan fingerprint density at radius 3 is 2.19 bits per heavy atom. The van der Waals surface area contributed by atoms with E-state index >= 15 is 0 Å². The summed E-state index contributed by atoms with van der Waals surface area (Å²) >= 11 is 0. The molecule has 0 amide bonds. The van der Waals surface area contributed by atoms with Crippen LogP contribution in [-0.2, 0) is 10.0 Å². The second-order valence-electron chi connectivity index (χ2n) is 7.55. The minimum absolute atomic E-state index is 0.579. The molecule has 2 aliphatic heterocycles. The number of nitrogens with one attached hydrogen (secondary N) is 1. The van der Waals surface area contributed by atoms with Gasteiger partial charge in [0.2, 0.25) is 10.0 Å². The smallest absolute Gasteiger partial charge is 0.229 e. The molecule has 4 rings (SSSR count). The van der Waals surface area contributed by atoms with Gasteiger partial charge < -0.3 is 0 Å². The lowest BCUT2D eigenvalue weighted by Crippen LogP contribution is -2.35. The van der Waals surface area contributed by atoms with Gasteiger partial charge in [0.25, 0.3) is 0 Å². The molecular weight excluding hydrogens is 344 g/mol. The molecule has 0 aromatic heterocycles. The second-order valence-corrected chi connectivity index (χ2v) is 9.30. The standard InChI is InChI=1S/C21H26N2O2S/c1-26(24,25)22-19-11-9-17(10-12-19)16-5-7-18(8-6-16)21-14-13-20-4-2-3-15-23(20)21/h5-12,20-22H,2-4,13-15H2,1H3. The van der Waals surface area contributed by atoms with Crippen LogP contribution in [0, 0.1) is 0 Å². The van der Waals surface area contributed by atoms with Gasteiger partial charge in [-0.3, -0.25) is 9.62 Å². The number of sulfonamides is 1. The van der Waals surface area contributed by atoms with Crippen LogP contribution in [0.4, 0.5) is 5.69 Å². The first kappa shape index (κ1) is 17.6. The minimum atomic E-state index is -3.23. The monoisotopic (exact) mass is 370 g/mol. The molecule has 2 heterocycles. The van der Waals surface area contributed by atoms with Crippen molar-refractivity contribution in [2.24, 2.45) is 0 Å². The molecule has 2 fully saturated rings. The lowest BCUT2D eigenvalue weighted by atomic mass is 9.99. The van der Waals surface area contributed by atoms with E-state index in [4.69, 9.17) is 0 Å². The molecule has 2 atom stereocenters. The van der Waals surface area contributed by atoms with E-state index in [-0.39, 0.29) is 0 Å². The van der Waals surface area contributed by atoms with Gasteiger partial charge in [-0.25, -0.2) is 8.42 Å². The number of piperidine rings is 1. The van der Waals surface area contributed by atoms with Gasteiger partial charge in [0.1, 0.15) is 0 Å². The minimum Gasteiger partial charge on any atom is -0.293 e. The molecule has 5 heteroatoms. The molecule has 2 aliphatic rings. The molecule has 2 saturated heterocycles. The fourth-order valence-electron chi connectivity index (χ4n) is 4.46. The molecule has 2 unspecified atom stereocenters. The van der Waals surface area contributed by atoms with Gasteiger partial charge in [-0.1, -0.05) is 42.8 Å². The first-order valence-electron chi connectivity index (χ1n) is 9.43. The van der Waals surface area contributed by atoms with Crippen LogP contribution < -0.4 is 4.72 Å². The van der Waals surface area contributed by atoms with Gasteiger partial charge in [-0.2, -0.15) is 0 Å². The van der Waals surface area contributed by atoms with Gasteiger partial charge in [-0.15, -0.1) is 0 Å². The predicted molar refractivity (Wildman–Crippen MR) is 107 cm³/mol. The van der Waals surface area contributed by atoms with E-state index in [1.165, 1.54) is 44.2 Å². The normalized spacial score (nSPS) is 23.6. The van der Waals surface area contributed by atoms with Crippen molar-refractivity contribution in [2.75, 3.05) is 17.5 Å². The van der Waals surface area contributed by atoms with Crippen molar-refractivity contribution in [3.05, 3.63) is 54.1 Å². The van der Waals surface area contributed by atoms with E-state index in [2.05, 4.69) is 33.9 Å². The van der Waals surface area contributed by atoms with E-state index in [1.807, 2.05) is 12.1 Å². The van der Waals surface area contributed by atoms with Crippen molar-refractivity contribution in [1.82, 2.24) is 4.90 Å². The fraction of sp³-hybridized carbons (Fsp3) is 0.429. The summed E-state index contributed by atoms with van der Waals surface area (Å²) in [5.41, 5.74) is 4.27. The number of hydrogen-bond donors (Lipinski definition) is 1. The molecule has 0 bridgehead atoms. The Hall–Kier alpha value is -1.85. The maximum Gasteiger partial charge on any atom is 0.229 e. The van der Waals surface area contributed by atoms with Gasteiger partial charge in [-0.05, 0) is 61.1 Å². The van der Waals surface area contributed by atoms with E-state index in [0.29, 0.717) is 11.7 Å². The van der Waals surface area contributed by atoms with E-state index < -0.39 is 10.0 Å². The molecule has 4 nitrogen and oxygen atoms in total. The summed E-state index contributed by atoms with van der Waals surface area (Å²) in [4.78, 5) is 2.71. The lowest BCUT2D eigenvalue weighted by molar-refractivity contribution is 0.150. The van der Waals surface area contributed by atoms with Crippen LogP contribution in [0.5, 0.6) is 0 Å². The van der Waals surface area contributed by atoms with Gasteiger partial charge >= 0.3 is 0 Å². The van der Waals surface area contributed by atoms with Crippen LogP contribution in [0.15, 0.2) is 48.5 Å². The van der Waals surface area contributed by atoms with E-state index in [9.17, 15) is 8.42 Å². The molecule has 26 heavy (non-hydrogen) atoms. The highest BCUT2D eigenvalue weighted by Gasteiger charge is 2.35. The first-order chi connectivity index (χ1) is 12.5. The van der Waals surface area contributed by atoms with Crippen molar-refractivity contribution < 1.29 is 8.42 Å². The van der Waals surface area contributed by atoms with Crippen LogP contribution in [0.25, 0.3) is 11.1 Å². The zero-order valence-corrected chi connectivity index (χ0v) is 16.0. The molecule has 2 aromatic carbocycles. The molecular formula is C21H26N2O2S. The number of nitrogens with zero attached hydrogens (tertiary/aromatic N) is 1. The highest BCUT2D eigenvalue weighted by atomic mass is 32.2. The Balaban J connectivity index is 1.49. The molecule has 138 valence electrons. The molecule has 0 radical (unpaired) electrons. The Morgan fingerprint density at radius 1 is 0.885 bits per heavy atom. The fourth-order valence-corrected chi connectivity index (χ4v) is 5.02. The van der Waals surface area contributed by atoms with Gasteiger partial charge in [0, 0.05) is 17.8 Å². The molecule has 0 saturated carbocycles. The van der Waals surface area contributed by atoms with Crippen LogP contribution in [0.3, 0.4) is 0 Å². The summed E-state index contributed by atoms with van der Waals surface area (Å²) < 4.78 is 25.1. The largest absolute Gasteiger partial charge is 0.293 e. The second kappa shape index (κ2) is 7.05. The van der Waals surface area contributed by atoms with Crippen molar-refractivity contribution in [3.8, 4) is 11.1 Å². The van der Waals surface area contributed by atoms with Crippen molar-refractivity contribution >= 4 is 15.7 Å². The average Bonchev–Trinajstić information content (AvgIpc) is 3.05. The summed E-state index contributed by atoms with van der Waals surface area (Å²) in [5, 5.41) is 0. The molecule has 2 aromatic rings. The van der Waals surface area contributed by atoms with Crippen LogP contribution in [-0.4, -0.2) is 32.2 Å². The number of anilines is 1. The SMILES string of the molecule is CS(=O)(=O)Nc1ccc(-c2ccc(C3CCC4CCCCN43)cc2)cc1. The predicted octanol–water partition coefficient (Wildman–Crippen LogP) is 4.41. The first-order valence-corrected chi connectivity index (χ1v) is 11.3. The number of fused-ring (bicyclic) bond motifs is 1. The average molecular weight is 371 g/mol. The van der Waals surface area contributed by atoms with E-state index in [1.54, 1.807) is 12.1 Å². The summed E-state index contributed by atoms with van der Waals surface area (Å²) in [6, 6.07) is 17.8. The highest BCUT2D eigenvalue weighted by Crippen LogP contribution is 2.40. The van der Waals surface area contributed by atoms with Crippen LogP contribution in [0.1, 0.15) is 43.7 Å². The third kappa shape index (κ3) is 3.79. The summed E-state index contributed by atoms with van der Waals surface area (Å²) in [7, 11) is -3.23. The van der Waals surface area contributed by atoms with Gasteiger partial charge in [0.15, 0.2) is 0 Å². The maximum atomic E-state index is 11.3. The summed E-state index contributed by atoms with van der Waals surface area (Å²) in [6.45, 7) is 1.24. The topological polar surface area (TPSA) is 49.4 Å². The third-order valence-electron chi connectivity index (χ3n) is 5.66. The number of rotatable bonds is 4. The summed E-state index contributed by atoms with van der Waals surface area (Å²) in [5.74, 6) is 0. The Morgan fingerprint density at radius 2 is 1.54 bits per heavy atom. The third-order valence-corrected chi connectivity index (χ3v) is 6.27. The summed E-state index contributed by atoms with van der Waals surface area (Å²) in [6.07, 6.45) is 7.85. The zero-order chi connectivity index (χ0) is 18.1. The Kier molecular flexibility index (Phi) is 4.76. The molecule has 0 spiro atoms. The zero-order valence-electron chi connectivity index (χ0n) is 15.2. The van der Waals surface area contributed by atoms with Crippen molar-refractivity contribution in [1.29, 1.82) is 0 Å². The molecule has 1 N–H and O–H groups in total. The van der Waals surface area contributed by atoms with E-state index in [0.717, 1.165) is 23.4 Å². The Bertz CT molecular complexity index is 860. The molecule has 0 aliphatic carbocycles. The number of benzene rings is 2. The highest BCUT2D eigenvalue weighted by molar-refractivity contribution is 7.92. The van der Waals surface area contributed by atoms with Crippen molar-refractivity contribution in [2.45, 2.75) is 44.2 Å². The quantitative estimate of drug-likeness (QED) is 0.867. The Labute approximate surface area is 156 Å². The maximum absolute atomic E-state index is 11.3.